The molecule has 176 valence electrons. The van der Waals surface area contributed by atoms with E-state index in [1.807, 2.05) is 31.2 Å². The Hall–Kier alpha value is -2.28. The highest BCUT2D eigenvalue weighted by molar-refractivity contribution is 5.75. The Morgan fingerprint density at radius 3 is 2.39 bits per heavy atom. The van der Waals surface area contributed by atoms with E-state index in [-0.39, 0.29) is 12.5 Å². The van der Waals surface area contributed by atoms with E-state index < -0.39 is 29.7 Å². The van der Waals surface area contributed by atoms with Crippen LogP contribution in [0.4, 0.5) is 4.79 Å². The van der Waals surface area contributed by atoms with Gasteiger partial charge < -0.3 is 23.7 Å². The zero-order valence-electron chi connectivity index (χ0n) is 19.9. The van der Waals surface area contributed by atoms with Crippen molar-refractivity contribution in [2.45, 2.75) is 72.0 Å². The minimum Gasteiger partial charge on any atom is -0.491 e. The van der Waals surface area contributed by atoms with Gasteiger partial charge in [-0.25, -0.2) is 4.79 Å². The van der Waals surface area contributed by atoms with E-state index in [2.05, 4.69) is 0 Å². The maximum absolute atomic E-state index is 12.9. The highest BCUT2D eigenvalue weighted by Crippen LogP contribution is 2.35. The van der Waals surface area contributed by atoms with Crippen LogP contribution in [0.5, 0.6) is 5.75 Å². The van der Waals surface area contributed by atoms with Crippen molar-refractivity contribution in [1.29, 1.82) is 0 Å². The van der Waals surface area contributed by atoms with E-state index in [1.165, 1.54) is 0 Å². The number of ether oxygens (including phenoxy) is 5. The summed E-state index contributed by atoms with van der Waals surface area (Å²) in [6, 6.07) is 7.63. The van der Waals surface area contributed by atoms with E-state index >= 15 is 0 Å². The number of benzene rings is 1. The maximum atomic E-state index is 12.9. The topological polar surface area (TPSA) is 80.3 Å². The van der Waals surface area contributed by atoms with E-state index in [0.717, 1.165) is 12.0 Å². The molecule has 0 saturated carbocycles. The fraction of sp³-hybridized carbons (Fsp3) is 0.667. The summed E-state index contributed by atoms with van der Waals surface area (Å²) in [5.41, 5.74) is 0.238. The van der Waals surface area contributed by atoms with Crippen molar-refractivity contribution >= 4 is 12.1 Å². The minimum absolute atomic E-state index is 0.215. The van der Waals surface area contributed by atoms with E-state index in [0.29, 0.717) is 25.4 Å². The summed E-state index contributed by atoms with van der Waals surface area (Å²) in [4.78, 5) is 25.2. The third kappa shape index (κ3) is 9.59. The van der Waals surface area contributed by atoms with Crippen molar-refractivity contribution in [1.82, 2.24) is 0 Å². The molecule has 0 unspecified atom stereocenters. The molecule has 0 aromatic heterocycles. The standard InChI is InChI=1S/C24H38O7/c1-8-11-20(18-12-10-13-19(16-18)29-15-14-27-7)21(22(25)28-9-2)17(3)30-23(26)31-24(4,5)6/h10,12-13,16-17,20-21H,8-9,11,14-15H2,1-7H3/t17-,20+,21+/m0/s1. The van der Waals surface area contributed by atoms with Crippen LogP contribution in [-0.4, -0.2) is 50.8 Å². The molecule has 0 bridgehead atoms. The first kappa shape index (κ1) is 26.8. The van der Waals surface area contributed by atoms with E-state index in [9.17, 15) is 9.59 Å². The summed E-state index contributed by atoms with van der Waals surface area (Å²) >= 11 is 0. The highest BCUT2D eigenvalue weighted by Gasteiger charge is 2.38. The highest BCUT2D eigenvalue weighted by atomic mass is 16.7. The van der Waals surface area contributed by atoms with Crippen molar-refractivity contribution in [3.63, 3.8) is 0 Å². The molecule has 0 aliphatic rings. The first-order valence-corrected chi connectivity index (χ1v) is 10.9. The van der Waals surface area contributed by atoms with Gasteiger partial charge in [-0.15, -0.1) is 0 Å². The Balaban J connectivity index is 3.17. The second-order valence-electron chi connectivity index (χ2n) is 8.37. The lowest BCUT2D eigenvalue weighted by molar-refractivity contribution is -0.154. The van der Waals surface area contributed by atoms with Gasteiger partial charge in [0.25, 0.3) is 0 Å². The number of rotatable bonds is 12. The quantitative estimate of drug-likeness (QED) is 0.331. The van der Waals surface area contributed by atoms with Crippen LogP contribution in [0.1, 0.15) is 65.9 Å². The van der Waals surface area contributed by atoms with E-state index in [1.54, 1.807) is 41.7 Å². The van der Waals surface area contributed by atoms with Gasteiger partial charge in [0, 0.05) is 13.0 Å². The van der Waals surface area contributed by atoms with Gasteiger partial charge in [0.2, 0.25) is 0 Å². The normalized spacial score (nSPS) is 14.3. The van der Waals surface area contributed by atoms with Crippen LogP contribution in [0.15, 0.2) is 24.3 Å². The van der Waals surface area contributed by atoms with Gasteiger partial charge in [-0.2, -0.15) is 0 Å². The number of carbonyl (C=O) groups is 2. The fourth-order valence-electron chi connectivity index (χ4n) is 3.36. The number of esters is 1. The SMILES string of the molecule is CCC[C@H](c1cccc(OCCOC)c1)[C@H](C(=O)OCC)[C@H](C)OC(=O)OC(C)(C)C. The van der Waals surface area contributed by atoms with Crippen molar-refractivity contribution in [2.24, 2.45) is 5.92 Å². The van der Waals surface area contributed by atoms with Crippen LogP contribution in [0.2, 0.25) is 0 Å². The van der Waals surface area contributed by atoms with Crippen molar-refractivity contribution < 1.29 is 33.3 Å². The molecule has 0 radical (unpaired) electrons. The number of hydrogen-bond donors (Lipinski definition) is 0. The van der Waals surface area contributed by atoms with E-state index in [4.69, 9.17) is 23.7 Å². The second kappa shape index (κ2) is 13.2. The molecule has 1 aromatic carbocycles. The van der Waals surface area contributed by atoms with Crippen molar-refractivity contribution in [3.8, 4) is 5.75 Å². The molecular formula is C24H38O7. The largest absolute Gasteiger partial charge is 0.509 e. The molecule has 1 rings (SSSR count). The molecule has 0 heterocycles. The molecule has 31 heavy (non-hydrogen) atoms. The molecule has 0 aliphatic heterocycles. The van der Waals surface area contributed by atoms with Crippen LogP contribution in [0.25, 0.3) is 0 Å². The Bertz CT molecular complexity index is 681. The molecule has 0 saturated heterocycles. The third-order valence-electron chi connectivity index (χ3n) is 4.61. The molecule has 0 N–H and O–H groups in total. The zero-order chi connectivity index (χ0) is 23.4. The van der Waals surface area contributed by atoms with Crippen LogP contribution >= 0.6 is 0 Å². The molecule has 0 amide bonds. The summed E-state index contributed by atoms with van der Waals surface area (Å²) in [7, 11) is 1.62. The van der Waals surface area contributed by atoms with Crippen molar-refractivity contribution in [2.75, 3.05) is 26.9 Å². The van der Waals surface area contributed by atoms with Gasteiger partial charge >= 0.3 is 12.1 Å². The first-order valence-electron chi connectivity index (χ1n) is 10.9. The molecule has 0 fully saturated rings. The molecule has 7 heteroatoms. The summed E-state index contributed by atoms with van der Waals surface area (Å²) in [5, 5.41) is 0. The second-order valence-corrected chi connectivity index (χ2v) is 8.37. The lowest BCUT2D eigenvalue weighted by Gasteiger charge is -2.31. The van der Waals surface area contributed by atoms with Gasteiger partial charge in [-0.3, -0.25) is 4.79 Å². The Morgan fingerprint density at radius 2 is 1.81 bits per heavy atom. The van der Waals surface area contributed by atoms with Gasteiger partial charge in [0.05, 0.1) is 13.2 Å². The molecule has 3 atom stereocenters. The lowest BCUT2D eigenvalue weighted by Crippen LogP contribution is -2.37. The predicted octanol–water partition coefficient (Wildman–Crippen LogP) is 5.12. The predicted molar refractivity (Wildman–Crippen MR) is 118 cm³/mol. The average Bonchev–Trinajstić information content (AvgIpc) is 2.66. The first-order chi connectivity index (χ1) is 14.6. The lowest BCUT2D eigenvalue weighted by atomic mass is 9.80. The fourth-order valence-corrected chi connectivity index (χ4v) is 3.36. The van der Waals surface area contributed by atoms with Crippen LogP contribution in [0, 0.1) is 5.92 Å². The Morgan fingerprint density at radius 1 is 1.10 bits per heavy atom. The molecule has 0 aliphatic carbocycles. The molecular weight excluding hydrogens is 400 g/mol. The van der Waals surface area contributed by atoms with Gasteiger partial charge in [-0.05, 0) is 58.7 Å². The Labute approximate surface area is 186 Å². The smallest absolute Gasteiger partial charge is 0.491 e. The monoisotopic (exact) mass is 438 g/mol. The molecule has 7 nitrogen and oxygen atoms in total. The van der Waals surface area contributed by atoms with Crippen LogP contribution in [-0.2, 0) is 23.7 Å². The zero-order valence-corrected chi connectivity index (χ0v) is 19.9. The average molecular weight is 439 g/mol. The summed E-state index contributed by atoms with van der Waals surface area (Å²) in [5.74, 6) is -0.601. The summed E-state index contributed by atoms with van der Waals surface area (Å²) < 4.78 is 26.9. The third-order valence-corrected chi connectivity index (χ3v) is 4.61. The van der Waals surface area contributed by atoms with Gasteiger partial charge in [0.15, 0.2) is 0 Å². The molecule has 1 aromatic rings. The summed E-state index contributed by atoms with van der Waals surface area (Å²) in [6.07, 6.45) is 0.0198. The number of carbonyl (C=O) groups excluding carboxylic acids is 2. The van der Waals surface area contributed by atoms with Gasteiger partial charge in [-0.1, -0.05) is 25.5 Å². The van der Waals surface area contributed by atoms with Crippen LogP contribution in [0.3, 0.4) is 0 Å². The van der Waals surface area contributed by atoms with Crippen LogP contribution < -0.4 is 4.74 Å². The maximum Gasteiger partial charge on any atom is 0.509 e. The minimum atomic E-state index is -0.804. The summed E-state index contributed by atoms with van der Waals surface area (Å²) in [6.45, 7) is 11.9. The molecule has 0 spiro atoms. The van der Waals surface area contributed by atoms with Gasteiger partial charge in [0.1, 0.15) is 30.0 Å². The number of hydrogen-bond acceptors (Lipinski definition) is 7. The Kier molecular flexibility index (Phi) is 11.4. The van der Waals surface area contributed by atoms with Crippen molar-refractivity contribution in [3.05, 3.63) is 29.8 Å². The number of methoxy groups -OCH3 is 1.